The van der Waals surface area contributed by atoms with Crippen LogP contribution in [0.3, 0.4) is 0 Å². The van der Waals surface area contributed by atoms with E-state index in [1.54, 1.807) is 29.2 Å². The molecule has 2 aromatic carbocycles. The second-order valence-corrected chi connectivity index (χ2v) is 6.46. The zero-order valence-electron chi connectivity index (χ0n) is 14.4. The van der Waals surface area contributed by atoms with Gasteiger partial charge in [0.25, 0.3) is 5.91 Å². The summed E-state index contributed by atoms with van der Waals surface area (Å²) >= 11 is 6.21. The Hall–Kier alpha value is -2.79. The molecule has 6 heteroatoms. The first kappa shape index (κ1) is 18.0. The second-order valence-electron chi connectivity index (χ2n) is 6.05. The highest BCUT2D eigenvalue weighted by Gasteiger charge is 2.29. The van der Waals surface area contributed by atoms with E-state index in [2.05, 4.69) is 11.9 Å². The number of carbonyl (C=O) groups excluding carboxylic acids is 2. The lowest BCUT2D eigenvalue weighted by Gasteiger charge is -2.34. The van der Waals surface area contributed by atoms with Crippen molar-refractivity contribution >= 4 is 29.1 Å². The largest absolute Gasteiger partial charge is 0.485 e. The molecule has 1 aliphatic rings. The molecule has 1 N–H and O–H groups in total. The number of para-hydroxylation sites is 1. The second kappa shape index (κ2) is 7.62. The van der Waals surface area contributed by atoms with Crippen LogP contribution in [0, 0.1) is 0 Å². The highest BCUT2D eigenvalue weighted by Crippen LogP contribution is 2.39. The maximum atomic E-state index is 13.0. The number of hydrogen-bond acceptors (Lipinski definition) is 3. The predicted octanol–water partition coefficient (Wildman–Crippen LogP) is 3.57. The summed E-state index contributed by atoms with van der Waals surface area (Å²) in [6, 6.07) is 12.5. The van der Waals surface area contributed by atoms with Crippen molar-refractivity contribution in [1.29, 1.82) is 0 Å². The Labute approximate surface area is 157 Å². The van der Waals surface area contributed by atoms with Gasteiger partial charge in [0.15, 0.2) is 5.75 Å². The van der Waals surface area contributed by atoms with Crippen LogP contribution in [0.25, 0.3) is 0 Å². The first-order chi connectivity index (χ1) is 12.5. The molecule has 0 spiro atoms. The molecule has 3 rings (SSSR count). The number of anilines is 1. The minimum Gasteiger partial charge on any atom is -0.485 e. The van der Waals surface area contributed by atoms with Crippen molar-refractivity contribution in [2.24, 2.45) is 0 Å². The van der Waals surface area contributed by atoms with Crippen molar-refractivity contribution in [1.82, 2.24) is 5.32 Å². The van der Waals surface area contributed by atoms with Crippen molar-refractivity contribution in [2.45, 2.75) is 19.6 Å². The third-order valence-corrected chi connectivity index (χ3v) is 4.39. The minimum atomic E-state index is -0.235. The van der Waals surface area contributed by atoms with Crippen molar-refractivity contribution in [3.63, 3.8) is 0 Å². The Balaban J connectivity index is 1.80. The summed E-state index contributed by atoms with van der Waals surface area (Å²) in [6.07, 6.45) is 1.07. The number of halogens is 1. The van der Waals surface area contributed by atoms with Crippen LogP contribution in [-0.4, -0.2) is 24.5 Å². The molecule has 1 heterocycles. The minimum absolute atomic E-state index is 0.120. The summed E-state index contributed by atoms with van der Waals surface area (Å²) in [5, 5.41) is 3.19. The van der Waals surface area contributed by atoms with Crippen LogP contribution in [0.5, 0.6) is 5.75 Å². The van der Waals surface area contributed by atoms with Gasteiger partial charge in [-0.05, 0) is 42.8 Å². The van der Waals surface area contributed by atoms with Gasteiger partial charge < -0.3 is 15.0 Å². The van der Waals surface area contributed by atoms with Crippen LogP contribution in [-0.2, 0) is 11.3 Å². The van der Waals surface area contributed by atoms with Gasteiger partial charge in [-0.15, -0.1) is 0 Å². The van der Waals surface area contributed by atoms with Crippen molar-refractivity contribution in [2.75, 3.05) is 11.4 Å². The Morgan fingerprint density at radius 2 is 2.04 bits per heavy atom. The monoisotopic (exact) mass is 370 g/mol. The molecule has 0 fully saturated rings. The van der Waals surface area contributed by atoms with Crippen LogP contribution in [0.4, 0.5) is 5.69 Å². The predicted molar refractivity (Wildman–Crippen MR) is 102 cm³/mol. The summed E-state index contributed by atoms with van der Waals surface area (Å²) in [6.45, 7) is 6.14. The molecule has 0 saturated carbocycles. The number of hydrogen-bond donors (Lipinski definition) is 1. The molecular weight excluding hydrogens is 352 g/mol. The first-order valence-corrected chi connectivity index (χ1v) is 8.63. The number of fused-ring (bicyclic) bond motifs is 1. The summed E-state index contributed by atoms with van der Waals surface area (Å²) in [5.74, 6) is 0.177. The van der Waals surface area contributed by atoms with Crippen LogP contribution < -0.4 is 15.0 Å². The quantitative estimate of drug-likeness (QED) is 0.837. The van der Waals surface area contributed by atoms with E-state index in [9.17, 15) is 9.59 Å². The average molecular weight is 371 g/mol. The number of nitrogens with zero attached hydrogens (tertiary/aromatic N) is 1. The van der Waals surface area contributed by atoms with E-state index in [4.69, 9.17) is 16.3 Å². The lowest BCUT2D eigenvalue weighted by Crippen LogP contribution is -2.42. The first-order valence-electron chi connectivity index (χ1n) is 8.26. The van der Waals surface area contributed by atoms with E-state index in [1.165, 1.54) is 6.08 Å². The fourth-order valence-electron chi connectivity index (χ4n) is 2.80. The molecule has 2 aromatic rings. The third kappa shape index (κ3) is 3.73. The van der Waals surface area contributed by atoms with E-state index >= 15 is 0 Å². The number of benzene rings is 2. The molecule has 5 nitrogen and oxygen atoms in total. The lowest BCUT2D eigenvalue weighted by atomic mass is 10.1. The average Bonchev–Trinajstić information content (AvgIpc) is 2.66. The van der Waals surface area contributed by atoms with Gasteiger partial charge in [0.1, 0.15) is 6.10 Å². The molecule has 134 valence electrons. The van der Waals surface area contributed by atoms with E-state index in [0.29, 0.717) is 35.1 Å². The zero-order valence-corrected chi connectivity index (χ0v) is 15.1. The SMILES string of the molecule is C=CC(=O)NCc1ccc(C(=O)N2CC(C)Oc3c(Cl)cccc32)cc1. The van der Waals surface area contributed by atoms with Gasteiger partial charge in [0, 0.05) is 12.1 Å². The van der Waals surface area contributed by atoms with Gasteiger partial charge >= 0.3 is 0 Å². The number of nitrogens with one attached hydrogen (secondary N) is 1. The van der Waals surface area contributed by atoms with Crippen LogP contribution >= 0.6 is 11.6 Å². The molecule has 26 heavy (non-hydrogen) atoms. The lowest BCUT2D eigenvalue weighted by molar-refractivity contribution is -0.116. The van der Waals surface area contributed by atoms with Crippen LogP contribution in [0.1, 0.15) is 22.8 Å². The highest BCUT2D eigenvalue weighted by atomic mass is 35.5. The van der Waals surface area contributed by atoms with Gasteiger partial charge in [-0.25, -0.2) is 0 Å². The van der Waals surface area contributed by atoms with E-state index in [1.807, 2.05) is 25.1 Å². The Morgan fingerprint density at radius 1 is 1.31 bits per heavy atom. The third-order valence-electron chi connectivity index (χ3n) is 4.09. The topological polar surface area (TPSA) is 58.6 Å². The Kier molecular flexibility index (Phi) is 5.28. The van der Waals surface area contributed by atoms with Gasteiger partial charge in [-0.1, -0.05) is 36.4 Å². The summed E-state index contributed by atoms with van der Waals surface area (Å²) in [7, 11) is 0. The van der Waals surface area contributed by atoms with Gasteiger partial charge in [-0.2, -0.15) is 0 Å². The fraction of sp³-hybridized carbons (Fsp3) is 0.200. The van der Waals surface area contributed by atoms with Gasteiger partial charge in [-0.3, -0.25) is 9.59 Å². The molecule has 0 saturated heterocycles. The van der Waals surface area contributed by atoms with Crippen molar-refractivity contribution in [3.8, 4) is 5.75 Å². The molecule has 2 amide bonds. The standard InChI is InChI=1S/C20H19ClN2O3/c1-3-18(24)22-11-14-7-9-15(10-8-14)20(25)23-12-13(2)26-19-16(21)5-4-6-17(19)23/h3-10,13H,1,11-12H2,2H3,(H,22,24). The summed E-state index contributed by atoms with van der Waals surface area (Å²) in [4.78, 5) is 25.9. The van der Waals surface area contributed by atoms with Crippen molar-refractivity contribution in [3.05, 3.63) is 71.3 Å². The van der Waals surface area contributed by atoms with E-state index in [-0.39, 0.29) is 17.9 Å². The number of carbonyl (C=O) groups is 2. The maximum Gasteiger partial charge on any atom is 0.258 e. The van der Waals surface area contributed by atoms with E-state index < -0.39 is 0 Å². The number of amides is 2. The number of rotatable bonds is 4. The molecular formula is C20H19ClN2O3. The summed E-state index contributed by atoms with van der Waals surface area (Å²) in [5.41, 5.74) is 2.13. The molecule has 1 unspecified atom stereocenters. The van der Waals surface area contributed by atoms with Crippen LogP contribution in [0.15, 0.2) is 55.1 Å². The Morgan fingerprint density at radius 3 is 2.73 bits per heavy atom. The van der Waals surface area contributed by atoms with Gasteiger partial charge in [0.2, 0.25) is 5.91 Å². The molecule has 0 aromatic heterocycles. The van der Waals surface area contributed by atoms with Crippen LogP contribution in [0.2, 0.25) is 5.02 Å². The normalized spacial score (nSPS) is 15.6. The molecule has 0 bridgehead atoms. The molecule has 1 aliphatic heterocycles. The molecule has 1 atom stereocenters. The molecule has 0 aliphatic carbocycles. The maximum absolute atomic E-state index is 13.0. The smallest absolute Gasteiger partial charge is 0.258 e. The summed E-state index contributed by atoms with van der Waals surface area (Å²) < 4.78 is 5.79. The zero-order chi connectivity index (χ0) is 18.7. The fourth-order valence-corrected chi connectivity index (χ4v) is 3.01. The molecule has 0 radical (unpaired) electrons. The van der Waals surface area contributed by atoms with Crippen molar-refractivity contribution < 1.29 is 14.3 Å². The highest BCUT2D eigenvalue weighted by molar-refractivity contribution is 6.32. The van der Waals surface area contributed by atoms with Gasteiger partial charge in [0.05, 0.1) is 17.3 Å². The Bertz CT molecular complexity index is 849. The number of ether oxygens (including phenoxy) is 1. The van der Waals surface area contributed by atoms with E-state index in [0.717, 1.165) is 5.56 Å².